The van der Waals surface area contributed by atoms with Crippen LogP contribution in [0.4, 0.5) is 0 Å². The third-order valence-electron chi connectivity index (χ3n) is 3.43. The van der Waals surface area contributed by atoms with Crippen LogP contribution in [-0.4, -0.2) is 18.5 Å². The molecule has 2 aromatic carbocycles. The SMILES string of the molecule is CCCCCCOc1ccc(OCCBr)c2ccccc12. The second-order valence-electron chi connectivity index (χ2n) is 5.05. The third-order valence-corrected chi connectivity index (χ3v) is 3.76. The van der Waals surface area contributed by atoms with Gasteiger partial charge in [-0.1, -0.05) is 66.4 Å². The zero-order valence-corrected chi connectivity index (χ0v) is 14.2. The molecule has 0 saturated heterocycles. The van der Waals surface area contributed by atoms with Crippen molar-refractivity contribution in [3.05, 3.63) is 36.4 Å². The monoisotopic (exact) mass is 350 g/mol. The van der Waals surface area contributed by atoms with Gasteiger partial charge in [0.25, 0.3) is 0 Å². The summed E-state index contributed by atoms with van der Waals surface area (Å²) in [7, 11) is 0. The normalized spacial score (nSPS) is 10.8. The summed E-state index contributed by atoms with van der Waals surface area (Å²) < 4.78 is 11.7. The zero-order chi connectivity index (χ0) is 14.9. The van der Waals surface area contributed by atoms with Crippen molar-refractivity contribution in [2.45, 2.75) is 32.6 Å². The first kappa shape index (κ1) is 16.2. The Bertz CT molecular complexity index is 554. The van der Waals surface area contributed by atoms with Gasteiger partial charge in [-0.3, -0.25) is 0 Å². The Balaban J connectivity index is 2.10. The molecule has 3 heteroatoms. The number of halogens is 1. The lowest BCUT2D eigenvalue weighted by molar-refractivity contribution is 0.307. The first-order chi connectivity index (χ1) is 10.4. The van der Waals surface area contributed by atoms with Crippen LogP contribution in [0.15, 0.2) is 36.4 Å². The molecule has 2 aromatic rings. The first-order valence-electron chi connectivity index (χ1n) is 7.70. The molecule has 0 heterocycles. The molecule has 0 fully saturated rings. The van der Waals surface area contributed by atoms with E-state index in [0.29, 0.717) is 6.61 Å². The summed E-state index contributed by atoms with van der Waals surface area (Å²) in [6, 6.07) is 12.3. The first-order valence-corrected chi connectivity index (χ1v) is 8.82. The van der Waals surface area contributed by atoms with Crippen molar-refractivity contribution in [1.29, 1.82) is 0 Å². The molecule has 0 saturated carbocycles. The molecule has 0 atom stereocenters. The second kappa shape index (κ2) is 8.93. The van der Waals surface area contributed by atoms with E-state index in [9.17, 15) is 0 Å². The van der Waals surface area contributed by atoms with Gasteiger partial charge in [-0.2, -0.15) is 0 Å². The molecule has 0 radical (unpaired) electrons. The van der Waals surface area contributed by atoms with Gasteiger partial charge in [-0.15, -0.1) is 0 Å². The number of alkyl halides is 1. The molecule has 0 aliphatic heterocycles. The van der Waals surface area contributed by atoms with E-state index in [0.717, 1.165) is 40.6 Å². The fraction of sp³-hybridized carbons (Fsp3) is 0.444. The summed E-state index contributed by atoms with van der Waals surface area (Å²) in [5.74, 6) is 1.87. The quantitative estimate of drug-likeness (QED) is 0.434. The molecule has 0 aliphatic rings. The van der Waals surface area contributed by atoms with Crippen molar-refractivity contribution in [2.24, 2.45) is 0 Å². The van der Waals surface area contributed by atoms with Crippen LogP contribution < -0.4 is 9.47 Å². The highest BCUT2D eigenvalue weighted by Gasteiger charge is 2.07. The van der Waals surface area contributed by atoms with Gasteiger partial charge < -0.3 is 9.47 Å². The Labute approximate surface area is 135 Å². The summed E-state index contributed by atoms with van der Waals surface area (Å²) in [6.07, 6.45) is 4.89. The molecular weight excluding hydrogens is 328 g/mol. The highest BCUT2D eigenvalue weighted by Crippen LogP contribution is 2.33. The standard InChI is InChI=1S/C18H23BrO2/c1-2-3-4-7-13-20-17-10-11-18(21-14-12-19)16-9-6-5-8-15(16)17/h5-6,8-11H,2-4,7,12-14H2,1H3. The van der Waals surface area contributed by atoms with Crippen LogP contribution in [0.5, 0.6) is 11.5 Å². The number of ether oxygens (including phenoxy) is 2. The number of unbranched alkanes of at least 4 members (excludes halogenated alkanes) is 3. The maximum absolute atomic E-state index is 5.96. The predicted molar refractivity (Wildman–Crippen MR) is 92.9 cm³/mol. The van der Waals surface area contributed by atoms with E-state index in [4.69, 9.17) is 9.47 Å². The zero-order valence-electron chi connectivity index (χ0n) is 12.6. The second-order valence-corrected chi connectivity index (χ2v) is 5.85. The van der Waals surface area contributed by atoms with Crippen LogP contribution >= 0.6 is 15.9 Å². The number of hydrogen-bond acceptors (Lipinski definition) is 2. The minimum atomic E-state index is 0.668. The van der Waals surface area contributed by atoms with Crippen LogP contribution in [0.25, 0.3) is 10.8 Å². The summed E-state index contributed by atoms with van der Waals surface area (Å²) in [6.45, 7) is 3.67. The molecule has 0 aromatic heterocycles. The van der Waals surface area contributed by atoms with Crippen LogP contribution in [0.2, 0.25) is 0 Å². The Morgan fingerprint density at radius 1 is 0.810 bits per heavy atom. The van der Waals surface area contributed by atoms with E-state index in [2.05, 4.69) is 35.0 Å². The minimum absolute atomic E-state index is 0.668. The van der Waals surface area contributed by atoms with Crippen molar-refractivity contribution in [3.8, 4) is 11.5 Å². The van der Waals surface area contributed by atoms with Gasteiger partial charge >= 0.3 is 0 Å². The molecule has 21 heavy (non-hydrogen) atoms. The van der Waals surface area contributed by atoms with Gasteiger partial charge in [0.1, 0.15) is 11.5 Å². The average Bonchev–Trinajstić information content (AvgIpc) is 2.53. The molecule has 0 N–H and O–H groups in total. The summed E-state index contributed by atoms with van der Waals surface area (Å²) >= 11 is 3.39. The van der Waals surface area contributed by atoms with Crippen molar-refractivity contribution in [1.82, 2.24) is 0 Å². The van der Waals surface area contributed by atoms with Crippen LogP contribution in [-0.2, 0) is 0 Å². The predicted octanol–water partition coefficient (Wildman–Crippen LogP) is 5.57. The summed E-state index contributed by atoms with van der Waals surface area (Å²) in [5, 5.41) is 3.07. The number of fused-ring (bicyclic) bond motifs is 1. The lowest BCUT2D eigenvalue weighted by Gasteiger charge is -2.13. The fourth-order valence-electron chi connectivity index (χ4n) is 2.36. The Kier molecular flexibility index (Phi) is 6.87. The molecule has 0 spiro atoms. The van der Waals surface area contributed by atoms with Crippen LogP contribution in [0, 0.1) is 0 Å². The highest BCUT2D eigenvalue weighted by atomic mass is 79.9. The minimum Gasteiger partial charge on any atom is -0.493 e. The van der Waals surface area contributed by atoms with Crippen molar-refractivity contribution in [3.63, 3.8) is 0 Å². The molecule has 0 bridgehead atoms. The Morgan fingerprint density at radius 3 is 2.00 bits per heavy atom. The van der Waals surface area contributed by atoms with Gasteiger partial charge in [-0.25, -0.2) is 0 Å². The number of benzene rings is 2. The van der Waals surface area contributed by atoms with E-state index in [1.54, 1.807) is 0 Å². The van der Waals surface area contributed by atoms with E-state index < -0.39 is 0 Å². The van der Waals surface area contributed by atoms with Crippen molar-refractivity contribution in [2.75, 3.05) is 18.5 Å². The van der Waals surface area contributed by atoms with Crippen LogP contribution in [0.3, 0.4) is 0 Å². The largest absolute Gasteiger partial charge is 0.493 e. The molecule has 114 valence electrons. The van der Waals surface area contributed by atoms with E-state index in [1.807, 2.05) is 24.3 Å². The van der Waals surface area contributed by atoms with E-state index >= 15 is 0 Å². The molecule has 2 rings (SSSR count). The smallest absolute Gasteiger partial charge is 0.127 e. The van der Waals surface area contributed by atoms with Gasteiger partial charge in [0, 0.05) is 16.1 Å². The van der Waals surface area contributed by atoms with Gasteiger partial charge in [0.15, 0.2) is 0 Å². The average molecular weight is 351 g/mol. The topological polar surface area (TPSA) is 18.5 Å². The number of rotatable bonds is 9. The molecule has 0 amide bonds. The maximum Gasteiger partial charge on any atom is 0.127 e. The fourth-order valence-corrected chi connectivity index (χ4v) is 2.52. The lowest BCUT2D eigenvalue weighted by atomic mass is 10.1. The molecule has 0 unspecified atom stereocenters. The Hall–Kier alpha value is -1.22. The van der Waals surface area contributed by atoms with Crippen molar-refractivity contribution < 1.29 is 9.47 Å². The van der Waals surface area contributed by atoms with E-state index in [1.165, 1.54) is 19.3 Å². The van der Waals surface area contributed by atoms with Crippen molar-refractivity contribution >= 4 is 26.7 Å². The maximum atomic E-state index is 5.96. The van der Waals surface area contributed by atoms with Crippen LogP contribution in [0.1, 0.15) is 32.6 Å². The van der Waals surface area contributed by atoms with Gasteiger partial charge in [-0.05, 0) is 18.6 Å². The van der Waals surface area contributed by atoms with Gasteiger partial charge in [0.05, 0.1) is 13.2 Å². The van der Waals surface area contributed by atoms with Gasteiger partial charge in [0.2, 0.25) is 0 Å². The number of hydrogen-bond donors (Lipinski definition) is 0. The summed E-state index contributed by atoms with van der Waals surface area (Å²) in [5.41, 5.74) is 0. The Morgan fingerprint density at radius 2 is 1.43 bits per heavy atom. The highest BCUT2D eigenvalue weighted by molar-refractivity contribution is 9.09. The molecule has 2 nitrogen and oxygen atoms in total. The lowest BCUT2D eigenvalue weighted by Crippen LogP contribution is -2.00. The van der Waals surface area contributed by atoms with E-state index in [-0.39, 0.29) is 0 Å². The summed E-state index contributed by atoms with van der Waals surface area (Å²) in [4.78, 5) is 0. The third kappa shape index (κ3) is 4.63. The molecular formula is C18H23BrO2. The molecule has 0 aliphatic carbocycles.